The first-order valence-electron chi connectivity index (χ1n) is 12.9. The summed E-state index contributed by atoms with van der Waals surface area (Å²) in [5.41, 5.74) is 5.15. The summed E-state index contributed by atoms with van der Waals surface area (Å²) in [6.07, 6.45) is 1.32. The van der Waals surface area contributed by atoms with Gasteiger partial charge in [-0.15, -0.1) is 0 Å². The highest BCUT2D eigenvalue weighted by Gasteiger charge is 2.24. The van der Waals surface area contributed by atoms with Crippen molar-refractivity contribution in [2.45, 2.75) is 38.6 Å². The van der Waals surface area contributed by atoms with Crippen LogP contribution in [0.5, 0.6) is 0 Å². The van der Waals surface area contributed by atoms with Crippen LogP contribution in [0.1, 0.15) is 42.5 Å². The van der Waals surface area contributed by atoms with Gasteiger partial charge in [0.2, 0.25) is 5.91 Å². The third kappa shape index (κ3) is 7.67. The number of amides is 3. The number of carbonyl (C=O) groups excluding carboxylic acids is 3. The van der Waals surface area contributed by atoms with E-state index in [4.69, 9.17) is 5.11 Å². The molecule has 0 aliphatic carbocycles. The Labute approximate surface area is 227 Å². The molecule has 39 heavy (non-hydrogen) atoms. The minimum atomic E-state index is -0.921. The third-order valence-electron chi connectivity index (χ3n) is 6.57. The van der Waals surface area contributed by atoms with E-state index in [1.54, 1.807) is 29.2 Å². The molecule has 1 unspecified atom stereocenters. The Kier molecular flexibility index (Phi) is 8.94. The van der Waals surface area contributed by atoms with E-state index in [0.29, 0.717) is 12.2 Å². The van der Waals surface area contributed by atoms with Crippen molar-refractivity contribution in [2.24, 2.45) is 0 Å². The molecule has 0 saturated carbocycles. The van der Waals surface area contributed by atoms with E-state index in [-0.39, 0.29) is 43.5 Å². The molecule has 202 valence electrons. The number of hydrogen-bond acceptors (Lipinski definition) is 5. The van der Waals surface area contributed by atoms with Crippen LogP contribution < -0.4 is 20.9 Å². The Bertz CT molecular complexity index is 1340. The van der Waals surface area contributed by atoms with Crippen molar-refractivity contribution in [3.8, 4) is 0 Å². The number of carbonyl (C=O) groups is 4. The van der Waals surface area contributed by atoms with Gasteiger partial charge >= 0.3 is 12.0 Å². The highest BCUT2D eigenvalue weighted by atomic mass is 16.4. The number of para-hydroxylation sites is 1. The van der Waals surface area contributed by atoms with E-state index in [0.717, 1.165) is 34.5 Å². The smallest absolute Gasteiger partial charge is 0.326 e. The molecule has 9 nitrogen and oxygen atoms in total. The first-order valence-corrected chi connectivity index (χ1v) is 12.9. The molecule has 3 amide bonds. The number of nitrogens with one attached hydrogen (secondary N) is 3. The van der Waals surface area contributed by atoms with E-state index >= 15 is 0 Å². The first-order chi connectivity index (χ1) is 18.8. The molecule has 9 heteroatoms. The van der Waals surface area contributed by atoms with Crippen molar-refractivity contribution in [1.82, 2.24) is 5.32 Å². The minimum absolute atomic E-state index is 0.00196. The number of urea groups is 1. The molecule has 3 aromatic rings. The van der Waals surface area contributed by atoms with Crippen LogP contribution >= 0.6 is 0 Å². The predicted molar refractivity (Wildman–Crippen MR) is 150 cm³/mol. The molecule has 1 aliphatic rings. The molecule has 0 fully saturated rings. The summed E-state index contributed by atoms with van der Waals surface area (Å²) in [6.45, 7) is 2.18. The maximum Gasteiger partial charge on any atom is 0.326 e. The molecule has 0 radical (unpaired) electrons. The number of benzene rings is 3. The zero-order valence-electron chi connectivity index (χ0n) is 21.8. The Morgan fingerprint density at radius 1 is 0.923 bits per heavy atom. The Balaban J connectivity index is 1.25. The third-order valence-corrected chi connectivity index (χ3v) is 6.57. The van der Waals surface area contributed by atoms with Crippen LogP contribution in [0.2, 0.25) is 0 Å². The normalized spacial score (nSPS) is 12.8. The molecule has 1 atom stereocenters. The summed E-state index contributed by atoms with van der Waals surface area (Å²) >= 11 is 0. The fourth-order valence-electron chi connectivity index (χ4n) is 4.61. The van der Waals surface area contributed by atoms with Crippen molar-refractivity contribution in [3.05, 3.63) is 89.5 Å². The lowest BCUT2D eigenvalue weighted by molar-refractivity contribution is -0.137. The van der Waals surface area contributed by atoms with Gasteiger partial charge in [0.15, 0.2) is 5.78 Å². The molecule has 4 rings (SSSR count). The number of rotatable bonds is 11. The maximum absolute atomic E-state index is 12.7. The number of aliphatic carboxylic acids is 1. The van der Waals surface area contributed by atoms with Crippen LogP contribution in [-0.4, -0.2) is 41.9 Å². The summed E-state index contributed by atoms with van der Waals surface area (Å²) in [6, 6.07) is 21.8. The number of ketones is 1. The van der Waals surface area contributed by atoms with Crippen molar-refractivity contribution in [1.29, 1.82) is 0 Å². The topological polar surface area (TPSA) is 128 Å². The van der Waals surface area contributed by atoms with Crippen LogP contribution in [0.15, 0.2) is 72.8 Å². The van der Waals surface area contributed by atoms with Crippen LogP contribution in [0, 0.1) is 0 Å². The minimum Gasteiger partial charge on any atom is -0.481 e. The molecule has 0 saturated heterocycles. The van der Waals surface area contributed by atoms with Crippen LogP contribution in [-0.2, 0) is 27.2 Å². The lowest BCUT2D eigenvalue weighted by Gasteiger charge is -2.18. The van der Waals surface area contributed by atoms with Gasteiger partial charge in [0.05, 0.1) is 12.6 Å². The fourth-order valence-corrected chi connectivity index (χ4v) is 4.61. The summed E-state index contributed by atoms with van der Waals surface area (Å²) in [5, 5.41) is 17.8. The first kappa shape index (κ1) is 27.4. The number of carboxylic acids is 1. The lowest BCUT2D eigenvalue weighted by atomic mass is 10.0. The average molecular weight is 529 g/mol. The van der Waals surface area contributed by atoms with Crippen molar-refractivity contribution in [3.63, 3.8) is 0 Å². The lowest BCUT2D eigenvalue weighted by Crippen LogP contribution is -2.33. The molecule has 3 aromatic carbocycles. The molecule has 0 bridgehead atoms. The monoisotopic (exact) mass is 528 g/mol. The van der Waals surface area contributed by atoms with Gasteiger partial charge in [0, 0.05) is 43.4 Å². The van der Waals surface area contributed by atoms with Gasteiger partial charge in [-0.2, -0.15) is 0 Å². The zero-order chi connectivity index (χ0) is 27.8. The zero-order valence-corrected chi connectivity index (χ0v) is 21.8. The van der Waals surface area contributed by atoms with Gasteiger partial charge in [-0.25, -0.2) is 4.79 Å². The number of carboxylic acid groups (broad SMARTS) is 1. The molecular weight excluding hydrogens is 496 g/mol. The number of anilines is 3. The summed E-state index contributed by atoms with van der Waals surface area (Å²) in [4.78, 5) is 49.4. The molecule has 4 N–H and O–H groups in total. The van der Waals surface area contributed by atoms with Gasteiger partial charge < -0.3 is 21.1 Å². The second kappa shape index (κ2) is 12.7. The fraction of sp³-hybridized carbons (Fsp3) is 0.267. The van der Waals surface area contributed by atoms with E-state index < -0.39 is 12.0 Å². The van der Waals surface area contributed by atoms with Gasteiger partial charge in [0.25, 0.3) is 0 Å². The van der Waals surface area contributed by atoms with Gasteiger partial charge in [-0.3, -0.25) is 19.3 Å². The Morgan fingerprint density at radius 3 is 2.31 bits per heavy atom. The number of Topliss-reactive ketones (excluding diaryl/α,β-unsaturated/α-hetero) is 1. The standard InChI is InChI=1S/C30H32N4O5/c1-20(35)32-27(14-15-29(37)38)22-8-12-24(13-9-22)31-19-26(36)18-21-6-10-25(11-7-21)33-30(39)34-17-16-23-4-2-3-5-28(23)34/h2-13,27,31H,14-19H2,1H3,(H,32,35)(H,33,39)(H,37,38). The van der Waals surface area contributed by atoms with Gasteiger partial charge in [0.1, 0.15) is 0 Å². The quantitative estimate of drug-likeness (QED) is 0.289. The SMILES string of the molecule is CC(=O)NC(CCC(=O)O)c1ccc(NCC(=O)Cc2ccc(NC(=O)N3CCc4ccccc43)cc2)cc1. The number of hydrogen-bond donors (Lipinski definition) is 4. The maximum atomic E-state index is 12.7. The second-order valence-electron chi connectivity index (χ2n) is 9.53. The van der Waals surface area contributed by atoms with E-state index in [2.05, 4.69) is 16.0 Å². The molecule has 0 aromatic heterocycles. The molecule has 0 spiro atoms. The molecular formula is C30H32N4O5. The van der Waals surface area contributed by atoms with Crippen molar-refractivity contribution < 1.29 is 24.3 Å². The van der Waals surface area contributed by atoms with Crippen LogP contribution in [0.3, 0.4) is 0 Å². The van der Waals surface area contributed by atoms with Crippen LogP contribution in [0.4, 0.5) is 21.9 Å². The number of fused-ring (bicyclic) bond motifs is 1. The highest BCUT2D eigenvalue weighted by molar-refractivity contribution is 6.03. The summed E-state index contributed by atoms with van der Waals surface area (Å²) < 4.78 is 0. The van der Waals surface area contributed by atoms with Crippen molar-refractivity contribution in [2.75, 3.05) is 28.6 Å². The average Bonchev–Trinajstić information content (AvgIpc) is 3.35. The van der Waals surface area contributed by atoms with Crippen molar-refractivity contribution >= 4 is 40.8 Å². The Hall–Kier alpha value is -4.66. The van der Waals surface area contributed by atoms with E-state index in [1.807, 2.05) is 48.5 Å². The Morgan fingerprint density at radius 2 is 1.62 bits per heavy atom. The van der Waals surface area contributed by atoms with Gasteiger partial charge in [-0.1, -0.05) is 42.5 Å². The summed E-state index contributed by atoms with van der Waals surface area (Å²) in [5.74, 6) is -1.15. The largest absolute Gasteiger partial charge is 0.481 e. The van der Waals surface area contributed by atoms with E-state index in [9.17, 15) is 19.2 Å². The molecule has 1 aliphatic heterocycles. The predicted octanol–water partition coefficient (Wildman–Crippen LogP) is 4.55. The second-order valence-corrected chi connectivity index (χ2v) is 9.53. The van der Waals surface area contributed by atoms with Gasteiger partial charge in [-0.05, 0) is 59.9 Å². The van der Waals surface area contributed by atoms with Crippen LogP contribution in [0.25, 0.3) is 0 Å². The molecule has 1 heterocycles. The summed E-state index contributed by atoms with van der Waals surface area (Å²) in [7, 11) is 0. The number of nitrogens with zero attached hydrogens (tertiary/aromatic N) is 1. The highest BCUT2D eigenvalue weighted by Crippen LogP contribution is 2.28. The van der Waals surface area contributed by atoms with E-state index in [1.165, 1.54) is 6.92 Å².